The number of nitrogens with zero attached hydrogens (tertiary/aromatic N) is 6. The standard InChI is InChI=1S/C28H27ClF2N8O4/c1-36-5-7-37(8-6-36)20-10-18(17(29)11-33-20)34-21(40)13-38-12-16(14-9-15(26(32)42)25(41)24(31)23(14)30)22-27(38)35-19-3-2-4-39(19)28(22)43/h9-12,41H,2-8,13H2,1H3,(H2,32,42)(H,33,34,40). The fourth-order valence-corrected chi connectivity index (χ4v) is 5.68. The summed E-state index contributed by atoms with van der Waals surface area (Å²) in [6, 6.07) is 2.56. The maximum absolute atomic E-state index is 15.2. The number of nitrogens with two attached hydrogens (primary N) is 1. The Balaban J connectivity index is 1.39. The molecule has 224 valence electrons. The topological polar surface area (TPSA) is 152 Å². The summed E-state index contributed by atoms with van der Waals surface area (Å²) >= 11 is 6.35. The zero-order valence-corrected chi connectivity index (χ0v) is 23.8. The number of carbonyl (C=O) groups excluding carboxylic acids is 2. The number of amides is 2. The van der Waals surface area contributed by atoms with E-state index in [-0.39, 0.29) is 28.2 Å². The molecule has 0 bridgehead atoms. The Kier molecular flexibility index (Phi) is 7.26. The number of aryl methyl sites for hydroxylation is 1. The van der Waals surface area contributed by atoms with Crippen LogP contribution in [0.5, 0.6) is 5.75 Å². The summed E-state index contributed by atoms with van der Waals surface area (Å²) < 4.78 is 32.7. The number of pyridine rings is 1. The van der Waals surface area contributed by atoms with Crippen LogP contribution in [0.3, 0.4) is 0 Å². The monoisotopic (exact) mass is 612 g/mol. The summed E-state index contributed by atoms with van der Waals surface area (Å²) in [6.07, 6.45) is 3.93. The number of halogens is 3. The number of aromatic nitrogens is 4. The number of benzene rings is 1. The van der Waals surface area contributed by atoms with E-state index in [1.165, 1.54) is 21.5 Å². The van der Waals surface area contributed by atoms with Crippen molar-refractivity contribution in [2.75, 3.05) is 43.4 Å². The van der Waals surface area contributed by atoms with Gasteiger partial charge in [0.15, 0.2) is 11.6 Å². The third-order valence-corrected chi connectivity index (χ3v) is 8.13. The van der Waals surface area contributed by atoms with E-state index >= 15 is 4.39 Å². The molecule has 0 aliphatic carbocycles. The number of likely N-dealkylation sites (N-methyl/N-ethyl adjacent to an activating group) is 1. The van der Waals surface area contributed by atoms with Crippen LogP contribution in [0, 0.1) is 11.6 Å². The van der Waals surface area contributed by atoms with Crippen LogP contribution in [0.4, 0.5) is 20.3 Å². The quantitative estimate of drug-likeness (QED) is 0.300. The maximum atomic E-state index is 15.2. The van der Waals surface area contributed by atoms with Crippen molar-refractivity contribution >= 4 is 46.0 Å². The van der Waals surface area contributed by atoms with Crippen molar-refractivity contribution in [1.82, 2.24) is 24.0 Å². The van der Waals surface area contributed by atoms with Gasteiger partial charge in [-0.2, -0.15) is 4.39 Å². The molecule has 2 amide bonds. The van der Waals surface area contributed by atoms with Gasteiger partial charge in [-0.25, -0.2) is 14.4 Å². The number of piperazine rings is 1. The normalized spacial score (nSPS) is 15.2. The average Bonchev–Trinajstić information content (AvgIpc) is 3.59. The first-order valence-corrected chi connectivity index (χ1v) is 13.9. The number of nitrogens with one attached hydrogen (secondary N) is 1. The first kappa shape index (κ1) is 28.6. The Morgan fingerprint density at radius 2 is 1.86 bits per heavy atom. The molecule has 1 fully saturated rings. The molecular formula is C28H27ClF2N8O4. The van der Waals surface area contributed by atoms with Gasteiger partial charge in [-0.1, -0.05) is 11.6 Å². The molecule has 0 unspecified atom stereocenters. The molecule has 1 aromatic carbocycles. The van der Waals surface area contributed by atoms with Gasteiger partial charge in [-0.05, 0) is 19.5 Å². The highest BCUT2D eigenvalue weighted by molar-refractivity contribution is 6.33. The Morgan fingerprint density at radius 1 is 1.12 bits per heavy atom. The molecule has 12 nitrogen and oxygen atoms in total. The van der Waals surface area contributed by atoms with Crippen molar-refractivity contribution < 1.29 is 23.5 Å². The van der Waals surface area contributed by atoms with Gasteiger partial charge < -0.3 is 30.5 Å². The van der Waals surface area contributed by atoms with Crippen LogP contribution >= 0.6 is 11.6 Å². The zero-order valence-electron chi connectivity index (χ0n) is 23.0. The molecule has 4 aromatic rings. The molecule has 2 aliphatic heterocycles. The lowest BCUT2D eigenvalue weighted by Crippen LogP contribution is -2.44. The van der Waals surface area contributed by atoms with Gasteiger partial charge in [-0.3, -0.25) is 19.0 Å². The minimum Gasteiger partial charge on any atom is -0.504 e. The molecule has 2 aliphatic rings. The van der Waals surface area contributed by atoms with Crippen molar-refractivity contribution in [1.29, 1.82) is 0 Å². The SMILES string of the molecule is CN1CCN(c2cc(NC(=O)Cn3cc(-c4cc(C(N)=O)c(O)c(F)c4F)c4c(=O)n5c(nc43)CCC5)c(Cl)cn2)CC1. The molecular weight excluding hydrogens is 586 g/mol. The number of phenols is 1. The molecule has 4 N–H and O–H groups in total. The van der Waals surface area contributed by atoms with E-state index in [0.29, 0.717) is 36.7 Å². The molecule has 6 rings (SSSR count). The molecule has 5 heterocycles. The summed E-state index contributed by atoms with van der Waals surface area (Å²) in [6.45, 7) is 3.26. The van der Waals surface area contributed by atoms with Crippen LogP contribution in [0.2, 0.25) is 5.02 Å². The molecule has 15 heteroatoms. The highest BCUT2D eigenvalue weighted by Crippen LogP contribution is 2.36. The van der Waals surface area contributed by atoms with Gasteiger partial charge in [0.05, 0.1) is 27.9 Å². The van der Waals surface area contributed by atoms with E-state index in [1.54, 1.807) is 6.07 Å². The summed E-state index contributed by atoms with van der Waals surface area (Å²) in [5.41, 5.74) is 3.92. The molecule has 1 saturated heterocycles. The van der Waals surface area contributed by atoms with E-state index < -0.39 is 45.9 Å². The number of aromatic hydroxyl groups is 1. The number of hydrogen-bond acceptors (Lipinski definition) is 8. The molecule has 0 saturated carbocycles. The van der Waals surface area contributed by atoms with E-state index in [4.69, 9.17) is 17.3 Å². The van der Waals surface area contributed by atoms with Crippen molar-refractivity contribution in [2.45, 2.75) is 25.9 Å². The van der Waals surface area contributed by atoms with Gasteiger partial charge in [0.1, 0.15) is 23.8 Å². The predicted molar refractivity (Wildman–Crippen MR) is 155 cm³/mol. The van der Waals surface area contributed by atoms with E-state index in [2.05, 4.69) is 25.1 Å². The molecule has 0 radical (unpaired) electrons. The second-order valence-corrected chi connectivity index (χ2v) is 11.0. The lowest BCUT2D eigenvalue weighted by atomic mass is 10.0. The van der Waals surface area contributed by atoms with Crippen LogP contribution in [0.25, 0.3) is 22.2 Å². The van der Waals surface area contributed by atoms with Gasteiger partial charge in [-0.15, -0.1) is 0 Å². The smallest absolute Gasteiger partial charge is 0.263 e. The first-order chi connectivity index (χ1) is 20.5. The zero-order chi connectivity index (χ0) is 30.6. The summed E-state index contributed by atoms with van der Waals surface area (Å²) in [4.78, 5) is 52.0. The second-order valence-electron chi connectivity index (χ2n) is 10.6. The Hall–Kier alpha value is -4.56. The largest absolute Gasteiger partial charge is 0.504 e. The number of fused-ring (bicyclic) bond motifs is 2. The van der Waals surface area contributed by atoms with Gasteiger partial charge in [0.2, 0.25) is 11.7 Å². The van der Waals surface area contributed by atoms with Crippen LogP contribution in [0.1, 0.15) is 22.6 Å². The van der Waals surface area contributed by atoms with Crippen molar-refractivity contribution in [3.63, 3.8) is 0 Å². The van der Waals surface area contributed by atoms with Crippen LogP contribution in [0.15, 0.2) is 29.3 Å². The Morgan fingerprint density at radius 3 is 2.58 bits per heavy atom. The second kappa shape index (κ2) is 10.9. The van der Waals surface area contributed by atoms with Gasteiger partial charge in [0.25, 0.3) is 11.5 Å². The van der Waals surface area contributed by atoms with Crippen LogP contribution < -0.4 is 21.5 Å². The Bertz CT molecular complexity index is 1870. The van der Waals surface area contributed by atoms with E-state index in [1.807, 2.05) is 7.05 Å². The highest BCUT2D eigenvalue weighted by atomic mass is 35.5. The maximum Gasteiger partial charge on any atom is 0.263 e. The third-order valence-electron chi connectivity index (χ3n) is 7.83. The average molecular weight is 613 g/mol. The van der Waals surface area contributed by atoms with Crippen LogP contribution in [-0.2, 0) is 24.3 Å². The Labute approximate surface area is 248 Å². The predicted octanol–water partition coefficient (Wildman–Crippen LogP) is 2.33. The van der Waals surface area contributed by atoms with Crippen molar-refractivity contribution in [3.8, 4) is 16.9 Å². The lowest BCUT2D eigenvalue weighted by Gasteiger charge is -2.33. The van der Waals surface area contributed by atoms with Crippen LogP contribution in [-0.4, -0.2) is 74.1 Å². The van der Waals surface area contributed by atoms with Crippen molar-refractivity contribution in [3.05, 3.63) is 62.9 Å². The molecule has 43 heavy (non-hydrogen) atoms. The number of hydrogen-bond donors (Lipinski definition) is 3. The fourth-order valence-electron chi connectivity index (χ4n) is 5.53. The van der Waals surface area contributed by atoms with Crippen molar-refractivity contribution in [2.24, 2.45) is 5.73 Å². The third kappa shape index (κ3) is 5.06. The summed E-state index contributed by atoms with van der Waals surface area (Å²) in [5, 5.41) is 12.9. The minimum atomic E-state index is -1.69. The minimum absolute atomic E-state index is 0.0721. The molecule has 0 spiro atoms. The number of rotatable bonds is 6. The number of primary amides is 1. The summed E-state index contributed by atoms with van der Waals surface area (Å²) in [7, 11) is 2.04. The number of carbonyl (C=O) groups is 2. The van der Waals surface area contributed by atoms with E-state index in [9.17, 15) is 23.9 Å². The molecule has 0 atom stereocenters. The fraction of sp³-hybridized carbons (Fsp3) is 0.321. The summed E-state index contributed by atoms with van der Waals surface area (Å²) in [5.74, 6) is -4.99. The van der Waals surface area contributed by atoms with E-state index in [0.717, 1.165) is 32.2 Å². The molecule has 3 aromatic heterocycles. The lowest BCUT2D eigenvalue weighted by molar-refractivity contribution is -0.116. The highest BCUT2D eigenvalue weighted by Gasteiger charge is 2.28. The number of anilines is 2. The van der Waals surface area contributed by atoms with Gasteiger partial charge >= 0.3 is 0 Å². The van der Waals surface area contributed by atoms with Gasteiger partial charge in [0, 0.05) is 62.5 Å². The first-order valence-electron chi connectivity index (χ1n) is 13.6.